The van der Waals surface area contributed by atoms with Gasteiger partial charge in [0.25, 0.3) is 0 Å². The van der Waals surface area contributed by atoms with Gasteiger partial charge in [0, 0.05) is 32.6 Å². The first kappa shape index (κ1) is 15.9. The van der Waals surface area contributed by atoms with Crippen molar-refractivity contribution in [3.8, 4) is 0 Å². The van der Waals surface area contributed by atoms with Crippen molar-refractivity contribution in [1.29, 1.82) is 0 Å². The second-order valence-corrected chi connectivity index (χ2v) is 7.15. The molecule has 21 heavy (non-hydrogen) atoms. The van der Waals surface area contributed by atoms with Crippen molar-refractivity contribution >= 4 is 15.9 Å². The summed E-state index contributed by atoms with van der Waals surface area (Å²) in [4.78, 5) is 13.8. The van der Waals surface area contributed by atoms with Crippen molar-refractivity contribution in [3.05, 3.63) is 35.6 Å². The topological polar surface area (TPSA) is 57.7 Å². The Morgan fingerprint density at radius 1 is 1.14 bits per heavy atom. The van der Waals surface area contributed by atoms with Crippen molar-refractivity contribution in [2.75, 3.05) is 32.4 Å². The molecule has 0 radical (unpaired) electrons. The van der Waals surface area contributed by atoms with Gasteiger partial charge in [0.2, 0.25) is 15.9 Å². The second-order valence-electron chi connectivity index (χ2n) is 5.17. The van der Waals surface area contributed by atoms with Gasteiger partial charge in [-0.2, -0.15) is 4.31 Å². The lowest BCUT2D eigenvalue weighted by Gasteiger charge is -2.33. The minimum absolute atomic E-state index is 0.00692. The van der Waals surface area contributed by atoms with E-state index in [4.69, 9.17) is 0 Å². The molecule has 0 aliphatic carbocycles. The number of carbonyl (C=O) groups is 1. The molecule has 7 heteroatoms. The maximum Gasteiger partial charge on any atom is 0.222 e. The largest absolute Gasteiger partial charge is 0.340 e. The van der Waals surface area contributed by atoms with E-state index in [1.54, 1.807) is 17.0 Å². The molecule has 1 aromatic carbocycles. The average molecular weight is 314 g/mol. The van der Waals surface area contributed by atoms with Crippen LogP contribution in [-0.4, -0.2) is 56.0 Å². The number of piperazine rings is 1. The van der Waals surface area contributed by atoms with Crippen LogP contribution >= 0.6 is 0 Å². The van der Waals surface area contributed by atoms with E-state index < -0.39 is 10.0 Å². The molecule has 1 aromatic rings. The Morgan fingerprint density at radius 3 is 2.24 bits per heavy atom. The predicted octanol–water partition coefficient (Wildman–Crippen LogP) is 0.862. The molecule has 1 aliphatic heterocycles. The number of sulfonamides is 1. The van der Waals surface area contributed by atoms with Gasteiger partial charge in [-0.15, -0.1) is 0 Å². The summed E-state index contributed by atoms with van der Waals surface area (Å²) < 4.78 is 37.0. The van der Waals surface area contributed by atoms with Crippen LogP contribution in [0.3, 0.4) is 0 Å². The quantitative estimate of drug-likeness (QED) is 0.828. The van der Waals surface area contributed by atoms with E-state index in [2.05, 4.69) is 0 Å². The van der Waals surface area contributed by atoms with E-state index in [0.29, 0.717) is 39.0 Å². The highest BCUT2D eigenvalue weighted by Gasteiger charge is 2.25. The van der Waals surface area contributed by atoms with Crippen LogP contribution in [0.1, 0.15) is 12.0 Å². The Labute approximate surface area is 124 Å². The zero-order valence-electron chi connectivity index (χ0n) is 12.0. The second kappa shape index (κ2) is 6.53. The van der Waals surface area contributed by atoms with E-state index >= 15 is 0 Å². The van der Waals surface area contributed by atoms with Gasteiger partial charge in [0.05, 0.1) is 6.26 Å². The molecule has 0 atom stereocenters. The van der Waals surface area contributed by atoms with Crippen LogP contribution in [0.4, 0.5) is 4.39 Å². The molecule has 116 valence electrons. The summed E-state index contributed by atoms with van der Waals surface area (Å²) in [6.45, 7) is 1.55. The van der Waals surface area contributed by atoms with E-state index in [-0.39, 0.29) is 11.7 Å². The van der Waals surface area contributed by atoms with Gasteiger partial charge in [0.15, 0.2) is 0 Å². The van der Waals surface area contributed by atoms with Gasteiger partial charge < -0.3 is 4.90 Å². The Kier molecular flexibility index (Phi) is 4.95. The summed E-state index contributed by atoms with van der Waals surface area (Å²) in [6, 6.07) is 6.10. The van der Waals surface area contributed by atoms with Crippen LogP contribution in [0, 0.1) is 5.82 Å². The molecule has 1 saturated heterocycles. The van der Waals surface area contributed by atoms with Gasteiger partial charge >= 0.3 is 0 Å². The number of benzene rings is 1. The monoisotopic (exact) mass is 314 g/mol. The van der Waals surface area contributed by atoms with Crippen LogP contribution in [-0.2, 0) is 21.2 Å². The lowest BCUT2D eigenvalue weighted by atomic mass is 10.1. The number of hydrogen-bond donors (Lipinski definition) is 0. The maximum absolute atomic E-state index is 12.8. The third-order valence-electron chi connectivity index (χ3n) is 3.60. The standard InChI is InChI=1S/C14H19FN2O3S/c1-21(19,20)17-10-8-16(9-11-17)14(18)7-4-12-2-5-13(15)6-3-12/h2-3,5-6H,4,7-11H2,1H3. The first-order chi connectivity index (χ1) is 9.86. The fourth-order valence-corrected chi connectivity index (χ4v) is 3.16. The van der Waals surface area contributed by atoms with Crippen molar-refractivity contribution in [1.82, 2.24) is 9.21 Å². The highest BCUT2D eigenvalue weighted by molar-refractivity contribution is 7.88. The smallest absolute Gasteiger partial charge is 0.222 e. The summed E-state index contributed by atoms with van der Waals surface area (Å²) in [6.07, 6.45) is 2.09. The molecule has 1 aliphatic rings. The minimum Gasteiger partial charge on any atom is -0.340 e. The Hall–Kier alpha value is -1.47. The predicted molar refractivity (Wildman–Crippen MR) is 77.7 cm³/mol. The summed E-state index contributed by atoms with van der Waals surface area (Å²) in [5.74, 6) is -0.283. The highest BCUT2D eigenvalue weighted by atomic mass is 32.2. The lowest BCUT2D eigenvalue weighted by Crippen LogP contribution is -2.50. The molecule has 5 nitrogen and oxygen atoms in total. The Balaban J connectivity index is 1.81. The maximum atomic E-state index is 12.8. The number of carbonyl (C=O) groups excluding carboxylic acids is 1. The Bertz CT molecular complexity index is 593. The average Bonchev–Trinajstić information content (AvgIpc) is 2.45. The van der Waals surface area contributed by atoms with Gasteiger partial charge in [-0.25, -0.2) is 12.8 Å². The number of amides is 1. The van der Waals surface area contributed by atoms with Gasteiger partial charge in [0.1, 0.15) is 5.82 Å². The molecule has 0 aromatic heterocycles. The van der Waals surface area contributed by atoms with Crippen molar-refractivity contribution in [3.63, 3.8) is 0 Å². The molecule has 1 heterocycles. The van der Waals surface area contributed by atoms with Crippen LogP contribution in [0.5, 0.6) is 0 Å². The van der Waals surface area contributed by atoms with Gasteiger partial charge in [-0.3, -0.25) is 4.79 Å². The van der Waals surface area contributed by atoms with Crippen molar-refractivity contribution in [2.45, 2.75) is 12.8 Å². The van der Waals surface area contributed by atoms with Gasteiger partial charge in [-0.05, 0) is 24.1 Å². The zero-order chi connectivity index (χ0) is 15.5. The minimum atomic E-state index is -3.17. The molecule has 0 bridgehead atoms. The molecule has 0 N–H and O–H groups in total. The van der Waals surface area contributed by atoms with Crippen LogP contribution < -0.4 is 0 Å². The summed E-state index contributed by atoms with van der Waals surface area (Å²) >= 11 is 0. The SMILES string of the molecule is CS(=O)(=O)N1CCN(C(=O)CCc2ccc(F)cc2)CC1. The number of hydrogen-bond acceptors (Lipinski definition) is 3. The molecular weight excluding hydrogens is 295 g/mol. The number of nitrogens with zero attached hydrogens (tertiary/aromatic N) is 2. The number of halogens is 1. The summed E-state index contributed by atoms with van der Waals surface area (Å²) in [5.41, 5.74) is 0.916. The third kappa shape index (κ3) is 4.50. The molecule has 1 fully saturated rings. The highest BCUT2D eigenvalue weighted by Crippen LogP contribution is 2.10. The van der Waals surface area contributed by atoms with Crippen LogP contribution in [0.15, 0.2) is 24.3 Å². The summed E-state index contributed by atoms with van der Waals surface area (Å²) in [5, 5.41) is 0. The third-order valence-corrected chi connectivity index (χ3v) is 4.90. The van der Waals surface area contributed by atoms with E-state index in [1.165, 1.54) is 22.7 Å². The molecule has 2 rings (SSSR count). The van der Waals surface area contributed by atoms with E-state index in [0.717, 1.165) is 5.56 Å². The van der Waals surface area contributed by atoms with E-state index in [1.807, 2.05) is 0 Å². The van der Waals surface area contributed by atoms with E-state index in [9.17, 15) is 17.6 Å². The van der Waals surface area contributed by atoms with Crippen molar-refractivity contribution < 1.29 is 17.6 Å². The lowest BCUT2D eigenvalue weighted by molar-refractivity contribution is -0.132. The van der Waals surface area contributed by atoms with Crippen molar-refractivity contribution in [2.24, 2.45) is 0 Å². The molecule has 0 saturated carbocycles. The fourth-order valence-electron chi connectivity index (χ4n) is 2.33. The zero-order valence-corrected chi connectivity index (χ0v) is 12.8. The first-order valence-electron chi connectivity index (χ1n) is 6.83. The van der Waals surface area contributed by atoms with Crippen LogP contribution in [0.2, 0.25) is 0 Å². The molecular formula is C14H19FN2O3S. The van der Waals surface area contributed by atoms with Gasteiger partial charge in [-0.1, -0.05) is 12.1 Å². The molecule has 1 amide bonds. The first-order valence-corrected chi connectivity index (χ1v) is 8.68. The number of rotatable bonds is 4. The fraction of sp³-hybridized carbons (Fsp3) is 0.500. The number of aryl methyl sites for hydroxylation is 1. The molecule has 0 spiro atoms. The normalized spacial score (nSPS) is 17.0. The summed E-state index contributed by atoms with van der Waals surface area (Å²) in [7, 11) is -3.17. The molecule has 0 unspecified atom stereocenters. The van der Waals surface area contributed by atoms with Crippen LogP contribution in [0.25, 0.3) is 0 Å². The Morgan fingerprint density at radius 2 is 1.71 bits per heavy atom.